The lowest BCUT2D eigenvalue weighted by molar-refractivity contribution is -0.121. The van der Waals surface area contributed by atoms with Gasteiger partial charge in [-0.15, -0.1) is 0 Å². The molecule has 26 heavy (non-hydrogen) atoms. The highest BCUT2D eigenvalue weighted by Gasteiger charge is 2.13. The van der Waals surface area contributed by atoms with Gasteiger partial charge in [-0.2, -0.15) is 9.78 Å². The van der Waals surface area contributed by atoms with Gasteiger partial charge >= 0.3 is 0 Å². The molecule has 2 aromatic carbocycles. The van der Waals surface area contributed by atoms with Gasteiger partial charge in [-0.05, 0) is 31.4 Å². The van der Waals surface area contributed by atoms with Crippen LogP contribution in [0.3, 0.4) is 0 Å². The summed E-state index contributed by atoms with van der Waals surface area (Å²) in [5.41, 5.74) is 2.86. The number of carbonyl (C=O) groups is 2. The molecular formula is C21H23N3O2. The fourth-order valence-corrected chi connectivity index (χ4v) is 3.00. The smallest absolute Gasteiger partial charge is 0.247 e. The summed E-state index contributed by atoms with van der Waals surface area (Å²) >= 11 is 0. The zero-order valence-corrected chi connectivity index (χ0v) is 14.9. The lowest BCUT2D eigenvalue weighted by Gasteiger charge is -2.06. The van der Waals surface area contributed by atoms with E-state index in [4.69, 9.17) is 0 Å². The van der Waals surface area contributed by atoms with Crippen molar-refractivity contribution in [3.05, 3.63) is 65.9 Å². The van der Waals surface area contributed by atoms with Crippen molar-refractivity contribution in [2.24, 2.45) is 0 Å². The van der Waals surface area contributed by atoms with E-state index in [1.54, 1.807) is 0 Å². The zero-order chi connectivity index (χ0) is 18.4. The van der Waals surface area contributed by atoms with Crippen molar-refractivity contribution in [1.29, 1.82) is 0 Å². The van der Waals surface area contributed by atoms with Gasteiger partial charge in [0, 0.05) is 24.8 Å². The quantitative estimate of drug-likeness (QED) is 0.710. The zero-order valence-electron chi connectivity index (χ0n) is 14.9. The second kappa shape index (κ2) is 8.43. The van der Waals surface area contributed by atoms with Gasteiger partial charge in [-0.25, -0.2) is 0 Å². The monoisotopic (exact) mass is 349 g/mol. The van der Waals surface area contributed by atoms with Crippen molar-refractivity contribution >= 4 is 22.7 Å². The lowest BCUT2D eigenvalue weighted by atomic mass is 10.1. The molecule has 134 valence electrons. The summed E-state index contributed by atoms with van der Waals surface area (Å²) in [5, 5.41) is 8.23. The van der Waals surface area contributed by atoms with Crippen LogP contribution in [0.15, 0.2) is 54.6 Å². The molecule has 1 amide bonds. The maximum Gasteiger partial charge on any atom is 0.247 e. The van der Waals surface area contributed by atoms with E-state index in [2.05, 4.69) is 10.4 Å². The van der Waals surface area contributed by atoms with E-state index in [1.807, 2.05) is 61.5 Å². The molecule has 0 saturated heterocycles. The van der Waals surface area contributed by atoms with Crippen LogP contribution in [-0.4, -0.2) is 28.1 Å². The SMILES string of the molecule is Cc1nn(C(=O)CCCC(=O)NCCc2ccccc2)c2ccccc12. The first-order valence-electron chi connectivity index (χ1n) is 8.93. The summed E-state index contributed by atoms with van der Waals surface area (Å²) in [6.07, 6.45) is 1.98. The first-order chi connectivity index (χ1) is 12.6. The number of nitrogens with zero attached hydrogens (tertiary/aromatic N) is 2. The van der Waals surface area contributed by atoms with Gasteiger partial charge in [0.1, 0.15) is 0 Å². The average Bonchev–Trinajstić information content (AvgIpc) is 3.00. The standard InChI is InChI=1S/C21H23N3O2/c1-16-18-10-5-6-11-19(18)24(23-16)21(26)13-7-12-20(25)22-15-14-17-8-3-2-4-9-17/h2-6,8-11H,7,12-15H2,1H3,(H,22,25). The molecule has 0 unspecified atom stereocenters. The van der Waals surface area contributed by atoms with Crippen LogP contribution in [-0.2, 0) is 11.2 Å². The first kappa shape index (κ1) is 17.9. The highest BCUT2D eigenvalue weighted by Crippen LogP contribution is 2.18. The maximum absolute atomic E-state index is 12.4. The fraction of sp³-hybridized carbons (Fsp3) is 0.286. The molecule has 5 nitrogen and oxygen atoms in total. The Morgan fingerprint density at radius 3 is 2.54 bits per heavy atom. The van der Waals surface area contributed by atoms with Crippen LogP contribution in [0.25, 0.3) is 10.9 Å². The molecule has 0 radical (unpaired) electrons. The minimum Gasteiger partial charge on any atom is -0.356 e. The van der Waals surface area contributed by atoms with Crippen LogP contribution in [0.1, 0.15) is 35.3 Å². The Kier molecular flexibility index (Phi) is 5.79. The van der Waals surface area contributed by atoms with Gasteiger partial charge in [0.25, 0.3) is 0 Å². The molecule has 3 rings (SSSR count). The third-order valence-electron chi connectivity index (χ3n) is 4.38. The molecule has 0 fully saturated rings. The van der Waals surface area contributed by atoms with Crippen molar-refractivity contribution in [2.75, 3.05) is 6.54 Å². The van der Waals surface area contributed by atoms with Crippen molar-refractivity contribution < 1.29 is 9.59 Å². The van der Waals surface area contributed by atoms with Gasteiger partial charge in [0.05, 0.1) is 11.2 Å². The second-order valence-electron chi connectivity index (χ2n) is 6.35. The van der Waals surface area contributed by atoms with E-state index in [9.17, 15) is 9.59 Å². The molecule has 0 aliphatic rings. The molecule has 0 aliphatic heterocycles. The number of amides is 1. The summed E-state index contributed by atoms with van der Waals surface area (Å²) in [7, 11) is 0. The number of aromatic nitrogens is 2. The maximum atomic E-state index is 12.4. The van der Waals surface area contributed by atoms with Gasteiger partial charge in [0.2, 0.25) is 11.8 Å². The number of hydrogen-bond acceptors (Lipinski definition) is 3. The highest BCUT2D eigenvalue weighted by molar-refractivity contribution is 5.92. The van der Waals surface area contributed by atoms with Crippen molar-refractivity contribution in [2.45, 2.75) is 32.6 Å². The number of rotatable bonds is 7. The van der Waals surface area contributed by atoms with E-state index in [1.165, 1.54) is 10.2 Å². The van der Waals surface area contributed by atoms with Crippen LogP contribution < -0.4 is 5.32 Å². The van der Waals surface area contributed by atoms with Crippen molar-refractivity contribution in [3.63, 3.8) is 0 Å². The highest BCUT2D eigenvalue weighted by atomic mass is 16.2. The molecule has 1 aromatic heterocycles. The molecule has 1 N–H and O–H groups in total. The van der Waals surface area contributed by atoms with Gasteiger partial charge < -0.3 is 5.32 Å². The second-order valence-corrected chi connectivity index (χ2v) is 6.35. The average molecular weight is 349 g/mol. The molecule has 3 aromatic rings. The Labute approximate surface area is 153 Å². The Morgan fingerprint density at radius 2 is 1.73 bits per heavy atom. The Balaban J connectivity index is 1.44. The van der Waals surface area contributed by atoms with Crippen LogP contribution in [0, 0.1) is 6.92 Å². The molecule has 0 bridgehead atoms. The largest absolute Gasteiger partial charge is 0.356 e. The molecule has 1 heterocycles. The van der Waals surface area contributed by atoms with E-state index >= 15 is 0 Å². The lowest BCUT2D eigenvalue weighted by Crippen LogP contribution is -2.25. The van der Waals surface area contributed by atoms with Crippen LogP contribution in [0.2, 0.25) is 0 Å². The number of hydrogen-bond donors (Lipinski definition) is 1. The van der Waals surface area contributed by atoms with E-state index in [0.717, 1.165) is 23.0 Å². The predicted molar refractivity (Wildman–Crippen MR) is 102 cm³/mol. The summed E-state index contributed by atoms with van der Waals surface area (Å²) in [5.74, 6) is -0.0957. The normalized spacial score (nSPS) is 10.8. The van der Waals surface area contributed by atoms with E-state index in [0.29, 0.717) is 25.8 Å². The minimum atomic E-state index is -0.0774. The van der Waals surface area contributed by atoms with E-state index < -0.39 is 0 Å². The molecular weight excluding hydrogens is 326 g/mol. The van der Waals surface area contributed by atoms with Gasteiger partial charge in [-0.1, -0.05) is 48.5 Å². The Morgan fingerprint density at radius 1 is 1.00 bits per heavy atom. The van der Waals surface area contributed by atoms with Crippen LogP contribution in [0.4, 0.5) is 0 Å². The number of benzene rings is 2. The van der Waals surface area contributed by atoms with E-state index in [-0.39, 0.29) is 11.8 Å². The first-order valence-corrected chi connectivity index (χ1v) is 8.93. The Bertz CT molecular complexity index is 900. The van der Waals surface area contributed by atoms with Crippen LogP contribution >= 0.6 is 0 Å². The van der Waals surface area contributed by atoms with Crippen LogP contribution in [0.5, 0.6) is 0 Å². The number of aryl methyl sites for hydroxylation is 1. The number of carbonyl (C=O) groups excluding carboxylic acids is 2. The Hall–Kier alpha value is -2.95. The fourth-order valence-electron chi connectivity index (χ4n) is 3.00. The summed E-state index contributed by atoms with van der Waals surface area (Å²) in [6.45, 7) is 2.51. The van der Waals surface area contributed by atoms with Gasteiger partial charge in [-0.3, -0.25) is 9.59 Å². The number of fused-ring (bicyclic) bond motifs is 1. The summed E-state index contributed by atoms with van der Waals surface area (Å²) in [4.78, 5) is 24.3. The molecule has 0 aliphatic carbocycles. The third kappa shape index (κ3) is 4.36. The summed E-state index contributed by atoms with van der Waals surface area (Å²) < 4.78 is 1.46. The molecule has 5 heteroatoms. The summed E-state index contributed by atoms with van der Waals surface area (Å²) in [6, 6.07) is 17.7. The topological polar surface area (TPSA) is 64.0 Å². The predicted octanol–water partition coefficient (Wildman–Crippen LogP) is 3.51. The third-order valence-corrected chi connectivity index (χ3v) is 4.38. The van der Waals surface area contributed by atoms with Crippen molar-refractivity contribution in [1.82, 2.24) is 15.1 Å². The minimum absolute atomic E-state index is 0.0183. The molecule has 0 atom stereocenters. The van der Waals surface area contributed by atoms with Gasteiger partial charge in [0.15, 0.2) is 0 Å². The molecule has 0 saturated carbocycles. The molecule has 0 spiro atoms. The number of nitrogens with one attached hydrogen (secondary N) is 1. The number of para-hydroxylation sites is 1. The van der Waals surface area contributed by atoms with Crippen molar-refractivity contribution in [3.8, 4) is 0 Å².